The van der Waals surface area contributed by atoms with Crippen LogP contribution in [0, 0.1) is 0 Å². The third-order valence-corrected chi connectivity index (χ3v) is 4.34. The Morgan fingerprint density at radius 1 is 1.11 bits per heavy atom. The Labute approximate surface area is 116 Å². The molecule has 4 heteroatoms. The molecule has 0 aromatic rings. The Morgan fingerprint density at radius 2 is 1.74 bits per heavy atom. The van der Waals surface area contributed by atoms with E-state index in [1.165, 1.54) is 12.8 Å². The van der Waals surface area contributed by atoms with Gasteiger partial charge in [-0.1, -0.05) is 40.0 Å². The number of amides is 2. The van der Waals surface area contributed by atoms with Crippen molar-refractivity contribution in [3.8, 4) is 0 Å². The van der Waals surface area contributed by atoms with Crippen LogP contribution in [0.25, 0.3) is 0 Å². The van der Waals surface area contributed by atoms with E-state index < -0.39 is 5.54 Å². The highest BCUT2D eigenvalue weighted by Gasteiger charge is 2.46. The molecule has 1 rings (SSSR count). The number of unbranched alkanes of at least 4 members (excludes halogenated alkanes) is 3. The number of carbonyl (C=O) groups is 2. The van der Waals surface area contributed by atoms with Crippen molar-refractivity contribution in [3.05, 3.63) is 0 Å². The monoisotopic (exact) mass is 268 g/mol. The summed E-state index contributed by atoms with van der Waals surface area (Å²) in [5, 5.41) is 2.93. The van der Waals surface area contributed by atoms with Crippen molar-refractivity contribution in [1.82, 2.24) is 10.2 Å². The predicted molar refractivity (Wildman–Crippen MR) is 76.8 cm³/mol. The van der Waals surface area contributed by atoms with E-state index in [0.29, 0.717) is 19.4 Å². The van der Waals surface area contributed by atoms with Gasteiger partial charge in [0.15, 0.2) is 0 Å². The Bertz CT molecular complexity index is 324. The SMILES string of the molecule is CCCCCCN1C(=O)C(CC)(CC)NC(=O)C1C. The minimum atomic E-state index is -0.672. The maximum Gasteiger partial charge on any atom is 0.248 e. The quantitative estimate of drug-likeness (QED) is 0.721. The maximum atomic E-state index is 12.6. The molecule has 1 fully saturated rings. The second-order valence-corrected chi connectivity index (χ2v) is 5.51. The zero-order valence-corrected chi connectivity index (χ0v) is 12.8. The molecule has 1 heterocycles. The Hall–Kier alpha value is -1.06. The molecular formula is C15H28N2O2. The molecule has 1 atom stereocenters. The van der Waals surface area contributed by atoms with Crippen LogP contribution < -0.4 is 5.32 Å². The highest BCUT2D eigenvalue weighted by atomic mass is 16.2. The highest BCUT2D eigenvalue weighted by molar-refractivity contribution is 5.99. The maximum absolute atomic E-state index is 12.6. The van der Waals surface area contributed by atoms with E-state index in [4.69, 9.17) is 0 Å². The molecule has 0 aromatic carbocycles. The fourth-order valence-corrected chi connectivity index (χ4v) is 2.72. The van der Waals surface area contributed by atoms with E-state index in [-0.39, 0.29) is 17.9 Å². The minimum Gasteiger partial charge on any atom is -0.340 e. The molecule has 1 unspecified atom stereocenters. The van der Waals surface area contributed by atoms with Crippen LogP contribution >= 0.6 is 0 Å². The minimum absolute atomic E-state index is 0.0150. The third kappa shape index (κ3) is 3.28. The third-order valence-electron chi connectivity index (χ3n) is 4.34. The summed E-state index contributed by atoms with van der Waals surface area (Å²) >= 11 is 0. The Balaban J connectivity index is 2.75. The number of carbonyl (C=O) groups excluding carboxylic acids is 2. The molecule has 110 valence electrons. The number of piperazine rings is 1. The fraction of sp³-hybridized carbons (Fsp3) is 0.867. The smallest absolute Gasteiger partial charge is 0.248 e. The summed E-state index contributed by atoms with van der Waals surface area (Å²) in [7, 11) is 0. The molecule has 2 amide bonds. The van der Waals surface area contributed by atoms with Gasteiger partial charge in [0.05, 0.1) is 0 Å². The van der Waals surface area contributed by atoms with Gasteiger partial charge in [-0.3, -0.25) is 9.59 Å². The van der Waals surface area contributed by atoms with Crippen LogP contribution in [0.15, 0.2) is 0 Å². The van der Waals surface area contributed by atoms with Crippen LogP contribution in [0.4, 0.5) is 0 Å². The van der Waals surface area contributed by atoms with Crippen molar-refractivity contribution in [1.29, 1.82) is 0 Å². The lowest BCUT2D eigenvalue weighted by atomic mass is 9.87. The summed E-state index contributed by atoms with van der Waals surface area (Å²) in [5.74, 6) is 0.0832. The molecule has 0 aliphatic carbocycles. The van der Waals surface area contributed by atoms with Gasteiger partial charge in [-0.2, -0.15) is 0 Å². The summed E-state index contributed by atoms with van der Waals surface area (Å²) in [6.07, 6.45) is 5.80. The summed E-state index contributed by atoms with van der Waals surface area (Å²) in [6, 6.07) is -0.333. The molecule has 1 aliphatic heterocycles. The fourth-order valence-electron chi connectivity index (χ4n) is 2.72. The van der Waals surface area contributed by atoms with E-state index in [1.54, 1.807) is 4.90 Å². The van der Waals surface area contributed by atoms with Gasteiger partial charge in [0.1, 0.15) is 11.6 Å². The normalized spacial score (nSPS) is 22.5. The van der Waals surface area contributed by atoms with Gasteiger partial charge < -0.3 is 10.2 Å². The highest BCUT2D eigenvalue weighted by Crippen LogP contribution is 2.25. The first kappa shape index (κ1) is 16.0. The van der Waals surface area contributed by atoms with Crippen LogP contribution in [0.2, 0.25) is 0 Å². The lowest BCUT2D eigenvalue weighted by molar-refractivity contribution is -0.154. The molecule has 0 bridgehead atoms. The van der Waals surface area contributed by atoms with Crippen LogP contribution in [0.1, 0.15) is 66.2 Å². The predicted octanol–water partition coefficient (Wildman–Crippen LogP) is 2.47. The first-order valence-electron chi connectivity index (χ1n) is 7.65. The zero-order valence-electron chi connectivity index (χ0n) is 12.8. The van der Waals surface area contributed by atoms with Crippen molar-refractivity contribution in [2.75, 3.05) is 6.54 Å². The van der Waals surface area contributed by atoms with Gasteiger partial charge in [0.2, 0.25) is 11.8 Å². The molecule has 19 heavy (non-hydrogen) atoms. The van der Waals surface area contributed by atoms with Crippen LogP contribution in [0.5, 0.6) is 0 Å². The van der Waals surface area contributed by atoms with Crippen LogP contribution in [-0.2, 0) is 9.59 Å². The molecular weight excluding hydrogens is 240 g/mol. The molecule has 0 spiro atoms. The molecule has 4 nitrogen and oxygen atoms in total. The van der Waals surface area contributed by atoms with Crippen molar-refractivity contribution >= 4 is 11.8 Å². The number of nitrogens with one attached hydrogen (secondary N) is 1. The molecule has 1 N–H and O–H groups in total. The van der Waals surface area contributed by atoms with E-state index in [2.05, 4.69) is 12.2 Å². The lowest BCUT2D eigenvalue weighted by Crippen LogP contribution is -2.69. The molecule has 0 saturated carbocycles. The number of hydrogen-bond donors (Lipinski definition) is 1. The van der Waals surface area contributed by atoms with E-state index in [1.807, 2.05) is 20.8 Å². The average molecular weight is 268 g/mol. The second-order valence-electron chi connectivity index (χ2n) is 5.51. The largest absolute Gasteiger partial charge is 0.340 e. The Morgan fingerprint density at radius 3 is 2.26 bits per heavy atom. The first-order valence-corrected chi connectivity index (χ1v) is 7.65. The van der Waals surface area contributed by atoms with Gasteiger partial charge in [-0.25, -0.2) is 0 Å². The summed E-state index contributed by atoms with van der Waals surface area (Å²) in [5.41, 5.74) is -0.672. The van der Waals surface area contributed by atoms with Crippen LogP contribution in [0.3, 0.4) is 0 Å². The van der Waals surface area contributed by atoms with Gasteiger partial charge in [-0.05, 0) is 26.2 Å². The number of hydrogen-bond acceptors (Lipinski definition) is 2. The molecule has 1 aliphatic rings. The van der Waals surface area contributed by atoms with E-state index in [0.717, 1.165) is 12.8 Å². The first-order chi connectivity index (χ1) is 9.02. The molecule has 1 saturated heterocycles. The van der Waals surface area contributed by atoms with Crippen molar-refractivity contribution < 1.29 is 9.59 Å². The number of rotatable bonds is 7. The molecule has 0 radical (unpaired) electrons. The lowest BCUT2D eigenvalue weighted by Gasteiger charge is -2.44. The second kappa shape index (κ2) is 6.92. The standard InChI is InChI=1S/C15H28N2O2/c1-5-8-9-10-11-17-12(4)13(18)16-15(6-2,7-3)14(17)19/h12H,5-11H2,1-4H3,(H,16,18). The number of nitrogens with zero attached hydrogens (tertiary/aromatic N) is 1. The van der Waals surface area contributed by atoms with Gasteiger partial charge in [0, 0.05) is 6.54 Å². The van der Waals surface area contributed by atoms with Gasteiger partial charge >= 0.3 is 0 Å². The van der Waals surface area contributed by atoms with Crippen LogP contribution in [-0.4, -0.2) is 34.8 Å². The molecule has 0 aromatic heterocycles. The van der Waals surface area contributed by atoms with Gasteiger partial charge in [0.25, 0.3) is 0 Å². The summed E-state index contributed by atoms with van der Waals surface area (Å²) < 4.78 is 0. The zero-order chi connectivity index (χ0) is 14.5. The summed E-state index contributed by atoms with van der Waals surface area (Å²) in [4.78, 5) is 26.5. The van der Waals surface area contributed by atoms with Crippen molar-refractivity contribution in [2.45, 2.75) is 77.8 Å². The van der Waals surface area contributed by atoms with Crippen molar-refractivity contribution in [3.63, 3.8) is 0 Å². The van der Waals surface area contributed by atoms with E-state index in [9.17, 15) is 9.59 Å². The summed E-state index contributed by atoms with van der Waals surface area (Å²) in [6.45, 7) is 8.62. The average Bonchev–Trinajstić information content (AvgIpc) is 2.42. The van der Waals surface area contributed by atoms with Crippen molar-refractivity contribution in [2.24, 2.45) is 0 Å². The Kier molecular flexibility index (Phi) is 5.83. The van der Waals surface area contributed by atoms with E-state index >= 15 is 0 Å². The topological polar surface area (TPSA) is 49.4 Å². The van der Waals surface area contributed by atoms with Gasteiger partial charge in [-0.15, -0.1) is 0 Å².